The summed E-state index contributed by atoms with van der Waals surface area (Å²) in [6.45, 7) is 0. The van der Waals surface area contributed by atoms with E-state index in [1.54, 1.807) is 6.20 Å². The molecule has 0 radical (unpaired) electrons. The number of halogens is 1. The molecule has 0 amide bonds. The van der Waals surface area contributed by atoms with E-state index in [-0.39, 0.29) is 5.54 Å². The zero-order valence-electron chi connectivity index (χ0n) is 7.33. The Balaban J connectivity index is 1.97. The van der Waals surface area contributed by atoms with Crippen molar-refractivity contribution in [3.05, 3.63) is 23.2 Å². The summed E-state index contributed by atoms with van der Waals surface area (Å²) in [5, 5.41) is 0.645. The first-order valence-corrected chi connectivity index (χ1v) is 4.81. The lowest BCUT2D eigenvalue weighted by Gasteiger charge is -2.07. The highest BCUT2D eigenvalue weighted by Gasteiger charge is 2.37. The van der Waals surface area contributed by atoms with Gasteiger partial charge in [0.05, 0.1) is 10.7 Å². The number of hydrogen-bond acceptors (Lipinski definition) is 3. The highest BCUT2D eigenvalue weighted by atomic mass is 35.5. The van der Waals surface area contributed by atoms with Crippen molar-refractivity contribution in [1.29, 1.82) is 0 Å². The van der Waals surface area contributed by atoms with Crippen molar-refractivity contribution in [3.63, 3.8) is 0 Å². The summed E-state index contributed by atoms with van der Waals surface area (Å²) in [5.41, 5.74) is 6.95. The van der Waals surface area contributed by atoms with E-state index in [0.717, 1.165) is 31.4 Å². The Hall–Kier alpha value is -0.670. The molecule has 0 bridgehead atoms. The number of nitrogens with two attached hydrogens (primary N) is 1. The van der Waals surface area contributed by atoms with Gasteiger partial charge in [-0.1, -0.05) is 11.6 Å². The van der Waals surface area contributed by atoms with Crippen LogP contribution in [0.25, 0.3) is 0 Å². The van der Waals surface area contributed by atoms with Crippen molar-refractivity contribution in [3.8, 4) is 0 Å². The molecule has 0 spiro atoms. The molecular weight excluding hydrogens is 186 g/mol. The fourth-order valence-electron chi connectivity index (χ4n) is 1.30. The second-order valence-corrected chi connectivity index (χ2v) is 4.09. The predicted molar refractivity (Wildman–Crippen MR) is 51.5 cm³/mol. The zero-order chi connectivity index (χ0) is 9.31. The smallest absolute Gasteiger partial charge is 0.115 e. The van der Waals surface area contributed by atoms with E-state index in [1.165, 1.54) is 6.33 Å². The van der Waals surface area contributed by atoms with Gasteiger partial charge in [-0.3, -0.25) is 0 Å². The summed E-state index contributed by atoms with van der Waals surface area (Å²) in [7, 11) is 0. The molecule has 0 saturated heterocycles. The Bertz CT molecular complexity index is 309. The molecule has 0 unspecified atom stereocenters. The zero-order valence-corrected chi connectivity index (χ0v) is 8.09. The van der Waals surface area contributed by atoms with Crippen LogP contribution in [-0.2, 0) is 6.42 Å². The molecule has 1 aliphatic rings. The fourth-order valence-corrected chi connectivity index (χ4v) is 1.50. The van der Waals surface area contributed by atoms with Gasteiger partial charge in [-0.25, -0.2) is 9.97 Å². The second kappa shape index (κ2) is 3.24. The monoisotopic (exact) mass is 197 g/mol. The third kappa shape index (κ3) is 2.17. The minimum absolute atomic E-state index is 0.0777. The van der Waals surface area contributed by atoms with Crippen molar-refractivity contribution >= 4 is 11.6 Å². The highest BCUT2D eigenvalue weighted by molar-refractivity contribution is 6.31. The summed E-state index contributed by atoms with van der Waals surface area (Å²) in [4.78, 5) is 7.94. The molecule has 1 aliphatic carbocycles. The molecule has 2 N–H and O–H groups in total. The van der Waals surface area contributed by atoms with Crippen LogP contribution in [0.15, 0.2) is 12.5 Å². The van der Waals surface area contributed by atoms with Gasteiger partial charge < -0.3 is 5.73 Å². The van der Waals surface area contributed by atoms with Gasteiger partial charge in [0.2, 0.25) is 0 Å². The van der Waals surface area contributed by atoms with E-state index in [9.17, 15) is 0 Å². The number of nitrogens with zero attached hydrogens (tertiary/aromatic N) is 2. The van der Waals surface area contributed by atoms with Gasteiger partial charge in [-0.15, -0.1) is 0 Å². The third-order valence-corrected chi connectivity index (χ3v) is 2.81. The molecule has 1 fully saturated rings. The van der Waals surface area contributed by atoms with E-state index in [2.05, 4.69) is 9.97 Å². The van der Waals surface area contributed by atoms with E-state index in [4.69, 9.17) is 17.3 Å². The quantitative estimate of drug-likeness (QED) is 0.800. The van der Waals surface area contributed by atoms with Crippen LogP contribution in [0.5, 0.6) is 0 Å². The molecular formula is C9H12ClN3. The molecule has 0 aromatic carbocycles. The highest BCUT2D eigenvalue weighted by Crippen LogP contribution is 2.36. The van der Waals surface area contributed by atoms with Crippen LogP contribution in [-0.4, -0.2) is 15.5 Å². The maximum atomic E-state index is 5.96. The lowest BCUT2D eigenvalue weighted by molar-refractivity contribution is 0.603. The molecule has 4 heteroatoms. The standard InChI is InChI=1S/C9H12ClN3/c10-7-5-12-6-13-8(7)1-2-9(11)3-4-9/h5-6H,1-4,11H2. The van der Waals surface area contributed by atoms with Crippen molar-refractivity contribution in [2.75, 3.05) is 0 Å². The van der Waals surface area contributed by atoms with Crippen LogP contribution in [0.1, 0.15) is 25.0 Å². The Labute approximate surface area is 82.3 Å². The van der Waals surface area contributed by atoms with E-state index >= 15 is 0 Å². The summed E-state index contributed by atoms with van der Waals surface area (Å²) in [5.74, 6) is 0. The van der Waals surface area contributed by atoms with E-state index in [0.29, 0.717) is 5.02 Å². The Morgan fingerprint density at radius 2 is 2.31 bits per heavy atom. The average Bonchev–Trinajstić information content (AvgIpc) is 2.83. The summed E-state index contributed by atoms with van der Waals surface area (Å²) < 4.78 is 0. The van der Waals surface area contributed by atoms with Gasteiger partial charge in [0.15, 0.2) is 0 Å². The molecule has 1 aromatic rings. The first kappa shape index (κ1) is 8.91. The number of rotatable bonds is 3. The molecule has 1 aromatic heterocycles. The second-order valence-electron chi connectivity index (χ2n) is 3.68. The first-order chi connectivity index (χ1) is 6.20. The van der Waals surface area contributed by atoms with Gasteiger partial charge in [0.25, 0.3) is 0 Å². The van der Waals surface area contributed by atoms with Crippen LogP contribution in [0.2, 0.25) is 5.02 Å². The summed E-state index contributed by atoms with van der Waals surface area (Å²) in [6.07, 6.45) is 7.25. The van der Waals surface area contributed by atoms with Crippen molar-refractivity contribution in [1.82, 2.24) is 9.97 Å². The van der Waals surface area contributed by atoms with Crippen LogP contribution in [0.3, 0.4) is 0 Å². The van der Waals surface area contributed by atoms with Gasteiger partial charge in [-0.05, 0) is 25.7 Å². The third-order valence-electron chi connectivity index (χ3n) is 2.50. The number of aryl methyl sites for hydroxylation is 1. The van der Waals surface area contributed by atoms with Gasteiger partial charge in [0, 0.05) is 11.7 Å². The van der Waals surface area contributed by atoms with E-state index in [1.807, 2.05) is 0 Å². The maximum absolute atomic E-state index is 5.96. The van der Waals surface area contributed by atoms with Crippen LogP contribution in [0.4, 0.5) is 0 Å². The minimum atomic E-state index is 0.0777. The number of hydrogen-bond donors (Lipinski definition) is 1. The van der Waals surface area contributed by atoms with Gasteiger partial charge in [-0.2, -0.15) is 0 Å². The maximum Gasteiger partial charge on any atom is 0.115 e. The Morgan fingerprint density at radius 3 is 2.92 bits per heavy atom. The molecule has 1 heterocycles. The number of aromatic nitrogens is 2. The average molecular weight is 198 g/mol. The molecule has 3 nitrogen and oxygen atoms in total. The van der Waals surface area contributed by atoms with Crippen molar-refractivity contribution < 1.29 is 0 Å². The van der Waals surface area contributed by atoms with Gasteiger partial charge >= 0.3 is 0 Å². The van der Waals surface area contributed by atoms with Crippen molar-refractivity contribution in [2.45, 2.75) is 31.2 Å². The fraction of sp³-hybridized carbons (Fsp3) is 0.556. The Morgan fingerprint density at radius 1 is 1.54 bits per heavy atom. The predicted octanol–water partition coefficient (Wildman–Crippen LogP) is 1.55. The molecule has 0 aliphatic heterocycles. The van der Waals surface area contributed by atoms with Crippen molar-refractivity contribution in [2.24, 2.45) is 5.73 Å². The lowest BCUT2D eigenvalue weighted by atomic mass is 10.1. The van der Waals surface area contributed by atoms with Gasteiger partial charge in [0.1, 0.15) is 6.33 Å². The molecule has 2 rings (SSSR count). The minimum Gasteiger partial charge on any atom is -0.325 e. The summed E-state index contributed by atoms with van der Waals surface area (Å²) >= 11 is 5.91. The first-order valence-electron chi connectivity index (χ1n) is 4.43. The SMILES string of the molecule is NC1(CCc2ncncc2Cl)CC1. The van der Waals surface area contributed by atoms with Crippen LogP contribution >= 0.6 is 11.6 Å². The topological polar surface area (TPSA) is 51.8 Å². The van der Waals surface area contributed by atoms with Crippen LogP contribution in [0, 0.1) is 0 Å². The lowest BCUT2D eigenvalue weighted by Crippen LogP contribution is -2.22. The van der Waals surface area contributed by atoms with Crippen LogP contribution < -0.4 is 5.73 Å². The summed E-state index contributed by atoms with van der Waals surface area (Å²) in [6, 6.07) is 0. The molecule has 0 atom stereocenters. The van der Waals surface area contributed by atoms with E-state index < -0.39 is 0 Å². The largest absolute Gasteiger partial charge is 0.325 e. The molecule has 13 heavy (non-hydrogen) atoms. The molecule has 1 saturated carbocycles. The molecule has 70 valence electrons. The normalized spacial score (nSPS) is 18.6. The Kier molecular flexibility index (Phi) is 2.22.